The maximum absolute atomic E-state index is 12.6. The summed E-state index contributed by atoms with van der Waals surface area (Å²) >= 11 is 0. The van der Waals surface area contributed by atoms with Crippen molar-refractivity contribution in [2.45, 2.75) is 43.9 Å². The molecule has 2 fully saturated rings. The number of aliphatic hydroxyl groups is 1. The van der Waals surface area contributed by atoms with Crippen LogP contribution >= 0.6 is 0 Å². The summed E-state index contributed by atoms with van der Waals surface area (Å²) < 4.78 is 11.4. The summed E-state index contributed by atoms with van der Waals surface area (Å²) in [6.07, 6.45) is 3.69. The van der Waals surface area contributed by atoms with Crippen LogP contribution in [-0.2, 0) is 11.2 Å². The summed E-state index contributed by atoms with van der Waals surface area (Å²) in [5.74, 6) is 0.902. The van der Waals surface area contributed by atoms with Gasteiger partial charge in [-0.1, -0.05) is 0 Å². The van der Waals surface area contributed by atoms with E-state index in [1.807, 2.05) is 18.2 Å². The van der Waals surface area contributed by atoms with Crippen molar-refractivity contribution in [2.75, 3.05) is 32.9 Å². The van der Waals surface area contributed by atoms with Crippen LogP contribution in [0.2, 0.25) is 0 Å². The summed E-state index contributed by atoms with van der Waals surface area (Å²) in [6, 6.07) is 6.25. The third-order valence-electron chi connectivity index (χ3n) is 5.45. The Morgan fingerprint density at radius 2 is 2.28 bits per heavy atom. The van der Waals surface area contributed by atoms with Crippen molar-refractivity contribution in [3.63, 3.8) is 0 Å². The molecule has 0 unspecified atom stereocenters. The van der Waals surface area contributed by atoms with Crippen molar-refractivity contribution in [1.29, 1.82) is 0 Å². The Morgan fingerprint density at radius 1 is 1.36 bits per heavy atom. The number of rotatable bonds is 4. The van der Waals surface area contributed by atoms with Gasteiger partial charge >= 0.3 is 0 Å². The van der Waals surface area contributed by atoms with Crippen LogP contribution in [0.4, 0.5) is 0 Å². The molecule has 0 aliphatic carbocycles. The Hall–Kier alpha value is -1.63. The van der Waals surface area contributed by atoms with Crippen LogP contribution in [0.25, 0.3) is 0 Å². The van der Waals surface area contributed by atoms with Crippen LogP contribution in [0.15, 0.2) is 18.2 Å². The van der Waals surface area contributed by atoms with Gasteiger partial charge in [0.05, 0.1) is 19.3 Å². The molecule has 2 N–H and O–H groups in total. The largest absolute Gasteiger partial charge is 0.493 e. The molecule has 0 aromatic heterocycles. The fourth-order valence-corrected chi connectivity index (χ4v) is 4.14. The number of ether oxygens (including phenoxy) is 2. The van der Waals surface area contributed by atoms with Gasteiger partial charge in [-0.25, -0.2) is 0 Å². The van der Waals surface area contributed by atoms with E-state index >= 15 is 0 Å². The molecule has 136 valence electrons. The van der Waals surface area contributed by atoms with E-state index in [-0.39, 0.29) is 24.7 Å². The first-order valence-electron chi connectivity index (χ1n) is 9.26. The van der Waals surface area contributed by atoms with Gasteiger partial charge in [0.15, 0.2) is 0 Å². The van der Waals surface area contributed by atoms with Crippen molar-refractivity contribution >= 4 is 5.91 Å². The average molecular weight is 346 g/mol. The van der Waals surface area contributed by atoms with Gasteiger partial charge in [-0.3, -0.25) is 9.69 Å². The van der Waals surface area contributed by atoms with Crippen LogP contribution in [0.3, 0.4) is 0 Å². The third kappa shape index (κ3) is 3.66. The predicted molar refractivity (Wildman–Crippen MR) is 92.9 cm³/mol. The molecule has 6 nitrogen and oxygen atoms in total. The minimum atomic E-state index is -0.00829. The molecule has 2 saturated heterocycles. The highest BCUT2D eigenvalue weighted by molar-refractivity contribution is 5.94. The number of benzene rings is 1. The predicted octanol–water partition coefficient (Wildman–Crippen LogP) is 0.966. The Bertz CT molecular complexity index is 636. The number of aliphatic hydroxyl groups excluding tert-OH is 1. The van der Waals surface area contributed by atoms with Gasteiger partial charge in [-0.15, -0.1) is 0 Å². The number of morpholine rings is 1. The second-order valence-corrected chi connectivity index (χ2v) is 7.26. The molecular weight excluding hydrogens is 320 g/mol. The number of carbonyl (C=O) groups excluding carboxylic acids is 1. The zero-order valence-electron chi connectivity index (χ0n) is 14.4. The lowest BCUT2D eigenvalue weighted by Gasteiger charge is -2.34. The van der Waals surface area contributed by atoms with Gasteiger partial charge in [-0.2, -0.15) is 0 Å². The van der Waals surface area contributed by atoms with E-state index in [2.05, 4.69) is 10.2 Å². The first-order chi connectivity index (χ1) is 12.2. The number of nitrogens with zero attached hydrogens (tertiary/aromatic N) is 1. The number of hydrogen-bond donors (Lipinski definition) is 2. The molecule has 4 rings (SSSR count). The van der Waals surface area contributed by atoms with Gasteiger partial charge in [0.2, 0.25) is 0 Å². The van der Waals surface area contributed by atoms with E-state index < -0.39 is 0 Å². The average Bonchev–Trinajstić information content (AvgIpc) is 3.03. The van der Waals surface area contributed by atoms with E-state index in [9.17, 15) is 4.79 Å². The highest BCUT2D eigenvalue weighted by atomic mass is 16.5. The smallest absolute Gasteiger partial charge is 0.251 e. The molecule has 1 aromatic rings. The molecule has 0 spiro atoms. The lowest BCUT2D eigenvalue weighted by molar-refractivity contribution is -0.0566. The van der Waals surface area contributed by atoms with E-state index in [0.29, 0.717) is 24.6 Å². The second-order valence-electron chi connectivity index (χ2n) is 7.26. The van der Waals surface area contributed by atoms with Gasteiger partial charge in [-0.05, 0) is 49.4 Å². The zero-order valence-corrected chi connectivity index (χ0v) is 14.4. The standard InChI is InChI=1S/C19H26N2O4/c22-6-5-17-11-21-10-15(9-16(21)12-25-17)20-19(23)14-3-4-18-13(8-14)2-1-7-24-18/h3-4,8,15-17,22H,1-2,5-7,9-12H2,(H,20,23)/t15-,16+,17+/m1/s1. The Balaban J connectivity index is 1.36. The second kappa shape index (κ2) is 7.32. The summed E-state index contributed by atoms with van der Waals surface area (Å²) in [6.45, 7) is 3.30. The molecule has 0 saturated carbocycles. The molecule has 3 atom stereocenters. The molecule has 6 heteroatoms. The van der Waals surface area contributed by atoms with E-state index in [0.717, 1.165) is 50.3 Å². The molecule has 3 aliphatic rings. The maximum atomic E-state index is 12.6. The fraction of sp³-hybridized carbons (Fsp3) is 0.632. The quantitative estimate of drug-likeness (QED) is 0.850. The van der Waals surface area contributed by atoms with Gasteiger partial charge in [0.1, 0.15) is 5.75 Å². The highest BCUT2D eigenvalue weighted by Gasteiger charge is 2.37. The molecule has 1 amide bonds. The Morgan fingerprint density at radius 3 is 3.16 bits per heavy atom. The number of nitrogens with one attached hydrogen (secondary N) is 1. The third-order valence-corrected chi connectivity index (χ3v) is 5.45. The summed E-state index contributed by atoms with van der Waals surface area (Å²) in [4.78, 5) is 15.0. The minimum Gasteiger partial charge on any atom is -0.493 e. The molecule has 3 aliphatic heterocycles. The number of carbonyl (C=O) groups is 1. The minimum absolute atomic E-state index is 0.00829. The van der Waals surface area contributed by atoms with Gasteiger partial charge in [0.25, 0.3) is 5.91 Å². The molecule has 25 heavy (non-hydrogen) atoms. The van der Waals surface area contributed by atoms with Crippen LogP contribution in [0.5, 0.6) is 5.75 Å². The van der Waals surface area contributed by atoms with Gasteiger partial charge in [0, 0.05) is 37.3 Å². The lowest BCUT2D eigenvalue weighted by atomic mass is 10.0. The topological polar surface area (TPSA) is 71.0 Å². The maximum Gasteiger partial charge on any atom is 0.251 e. The number of aryl methyl sites for hydroxylation is 1. The Kier molecular flexibility index (Phi) is 4.92. The number of hydrogen-bond acceptors (Lipinski definition) is 5. The summed E-state index contributed by atoms with van der Waals surface area (Å²) in [5.41, 5.74) is 1.84. The van der Waals surface area contributed by atoms with Crippen molar-refractivity contribution in [3.05, 3.63) is 29.3 Å². The molecular formula is C19H26N2O4. The Labute approximate surface area is 148 Å². The highest BCUT2D eigenvalue weighted by Crippen LogP contribution is 2.27. The van der Waals surface area contributed by atoms with Crippen LogP contribution < -0.4 is 10.1 Å². The molecule has 1 aromatic carbocycles. The fourth-order valence-electron chi connectivity index (χ4n) is 4.14. The first kappa shape index (κ1) is 16.8. The van der Waals surface area contributed by atoms with Crippen LogP contribution in [-0.4, -0.2) is 67.0 Å². The summed E-state index contributed by atoms with van der Waals surface area (Å²) in [5, 5.41) is 12.3. The number of amides is 1. The van der Waals surface area contributed by atoms with Crippen molar-refractivity contribution in [1.82, 2.24) is 10.2 Å². The first-order valence-corrected chi connectivity index (χ1v) is 9.26. The van der Waals surface area contributed by atoms with E-state index in [1.54, 1.807) is 0 Å². The number of fused-ring (bicyclic) bond motifs is 2. The molecule has 0 bridgehead atoms. The van der Waals surface area contributed by atoms with Crippen LogP contribution in [0, 0.1) is 0 Å². The summed E-state index contributed by atoms with van der Waals surface area (Å²) in [7, 11) is 0. The molecule has 3 heterocycles. The van der Waals surface area contributed by atoms with Crippen LogP contribution in [0.1, 0.15) is 35.2 Å². The van der Waals surface area contributed by atoms with Crippen molar-refractivity contribution < 1.29 is 19.4 Å². The normalized spacial score (nSPS) is 28.8. The SMILES string of the molecule is O=C(N[C@@H]1C[C@H]2CO[C@@H](CCO)CN2C1)c1ccc2c(c1)CCCO2. The van der Waals surface area contributed by atoms with E-state index in [4.69, 9.17) is 14.6 Å². The zero-order chi connectivity index (χ0) is 17.2. The molecule has 0 radical (unpaired) electrons. The van der Waals surface area contributed by atoms with Gasteiger partial charge < -0.3 is 19.9 Å². The van der Waals surface area contributed by atoms with E-state index in [1.165, 1.54) is 0 Å². The van der Waals surface area contributed by atoms with Crippen molar-refractivity contribution in [2.24, 2.45) is 0 Å². The van der Waals surface area contributed by atoms with Crippen molar-refractivity contribution in [3.8, 4) is 5.75 Å². The monoisotopic (exact) mass is 346 g/mol. The lowest BCUT2D eigenvalue weighted by Crippen LogP contribution is -2.46.